The summed E-state index contributed by atoms with van der Waals surface area (Å²) in [6, 6.07) is 4.01. The number of rotatable bonds is 9. The van der Waals surface area contributed by atoms with Crippen molar-refractivity contribution < 1.29 is 39.3 Å². The summed E-state index contributed by atoms with van der Waals surface area (Å²) in [4.78, 5) is 65.1. The van der Waals surface area contributed by atoms with Gasteiger partial charge in [0, 0.05) is 39.3 Å². The van der Waals surface area contributed by atoms with Gasteiger partial charge < -0.3 is 53.8 Å². The fourth-order valence-electron chi connectivity index (χ4n) is 4.91. The molecule has 2 aromatic rings. The molecular formula is C29H40ClN7O8. The van der Waals surface area contributed by atoms with Crippen molar-refractivity contribution >= 4 is 41.9 Å². The molecule has 1 heterocycles. The van der Waals surface area contributed by atoms with Crippen LogP contribution in [0.3, 0.4) is 0 Å². The average Bonchev–Trinajstić information content (AvgIpc) is 2.97. The third kappa shape index (κ3) is 9.52. The van der Waals surface area contributed by atoms with Crippen molar-refractivity contribution in [2.24, 2.45) is 22.9 Å². The maximum absolute atomic E-state index is 13.8. The van der Waals surface area contributed by atoms with Crippen LogP contribution in [0.4, 0.5) is 0 Å². The molecule has 15 nitrogen and oxygen atoms in total. The summed E-state index contributed by atoms with van der Waals surface area (Å²) in [5.74, 6) is -4.38. The number of phenols is 2. The number of aliphatic hydroxyl groups is 1. The van der Waals surface area contributed by atoms with E-state index in [9.17, 15) is 39.3 Å². The summed E-state index contributed by atoms with van der Waals surface area (Å²) >= 11 is 0. The number of likely N-dealkylation sites (N-methyl/N-ethyl adjacent to an activating group) is 1. The van der Waals surface area contributed by atoms with Crippen LogP contribution in [-0.2, 0) is 36.8 Å². The Kier molecular flexibility index (Phi) is 13.1. The van der Waals surface area contributed by atoms with Gasteiger partial charge in [-0.15, -0.1) is 12.4 Å². The Morgan fingerprint density at radius 3 is 2.09 bits per heavy atom. The normalized spacial score (nSPS) is 20.0. The minimum absolute atomic E-state index is 0. The van der Waals surface area contributed by atoms with Crippen LogP contribution in [-0.4, -0.2) is 93.6 Å². The highest BCUT2D eigenvalue weighted by atomic mass is 35.5. The molecule has 0 fully saturated rings. The van der Waals surface area contributed by atoms with Crippen LogP contribution in [0.15, 0.2) is 36.4 Å². The van der Waals surface area contributed by atoms with Crippen molar-refractivity contribution in [2.45, 2.75) is 62.4 Å². The lowest BCUT2D eigenvalue weighted by Gasteiger charge is -2.33. The Hall–Kier alpha value is -4.44. The second kappa shape index (κ2) is 16.0. The number of carbonyl (C=O) groups excluding carboxylic acids is 5. The Bertz CT molecular complexity index is 1430. The Balaban J connectivity index is 0.00000705. The van der Waals surface area contributed by atoms with Crippen LogP contribution in [0.25, 0.3) is 11.1 Å². The lowest BCUT2D eigenvalue weighted by molar-refractivity contribution is -0.143. The fraction of sp³-hybridized carbons (Fsp3) is 0.414. The highest BCUT2D eigenvalue weighted by Gasteiger charge is 2.36. The Morgan fingerprint density at radius 2 is 1.58 bits per heavy atom. The molecule has 45 heavy (non-hydrogen) atoms. The molecule has 0 saturated carbocycles. The van der Waals surface area contributed by atoms with E-state index in [0.717, 1.165) is 4.90 Å². The van der Waals surface area contributed by atoms with Crippen molar-refractivity contribution in [2.75, 3.05) is 13.6 Å². The van der Waals surface area contributed by atoms with Crippen molar-refractivity contribution in [1.82, 2.24) is 15.5 Å². The molecule has 0 aromatic heterocycles. The second-order valence-electron chi connectivity index (χ2n) is 10.8. The van der Waals surface area contributed by atoms with E-state index in [-0.39, 0.29) is 68.1 Å². The zero-order chi connectivity index (χ0) is 32.7. The summed E-state index contributed by atoms with van der Waals surface area (Å²) in [6.07, 6.45) is -2.34. The molecule has 5 amide bonds. The van der Waals surface area contributed by atoms with Crippen LogP contribution in [0.2, 0.25) is 0 Å². The van der Waals surface area contributed by atoms with Gasteiger partial charge in [-0.3, -0.25) is 24.0 Å². The molecule has 246 valence electrons. The maximum Gasteiger partial charge on any atom is 0.245 e. The minimum atomic E-state index is -1.39. The maximum atomic E-state index is 13.8. The number of benzene rings is 2. The molecular weight excluding hydrogens is 610 g/mol. The standard InChI is InChI=1S/C29H39N7O8.ClH/c1-36-22(28(43)34-20(26(33)41)4-7-25(32)40)11-17-9-15(3-6-24(17)39)14-2-5-23(38)16(8-14)10-19(31)27(42)35-21(29(36)44)12-18(37)13-30;/h2-3,5-6,8-9,18-22,37-39H,4,7,10-13,30-31H2,1H3,(H2,32,40)(H2,33,41)(H,34,43)(H,35,42);1H/t18-,19-,20+,21+,22+;/m1./s1. The minimum Gasteiger partial charge on any atom is -0.508 e. The number of hydrogen-bond donors (Lipinski definition) is 9. The number of aromatic hydroxyl groups is 2. The first-order valence-corrected chi connectivity index (χ1v) is 13.9. The number of nitrogens with zero attached hydrogens (tertiary/aromatic N) is 1. The molecule has 1 aliphatic heterocycles. The van der Waals surface area contributed by atoms with E-state index in [2.05, 4.69) is 10.6 Å². The number of nitrogens with two attached hydrogens (primary N) is 4. The van der Waals surface area contributed by atoms with Crippen molar-refractivity contribution in [1.29, 1.82) is 0 Å². The molecule has 5 atom stereocenters. The number of nitrogens with one attached hydrogen (secondary N) is 2. The van der Waals surface area contributed by atoms with Crippen molar-refractivity contribution in [3.63, 3.8) is 0 Å². The third-order valence-corrected chi connectivity index (χ3v) is 7.53. The number of fused-ring (bicyclic) bond motifs is 5. The molecule has 0 aliphatic carbocycles. The molecule has 0 unspecified atom stereocenters. The highest BCUT2D eigenvalue weighted by molar-refractivity contribution is 5.95. The van der Waals surface area contributed by atoms with Gasteiger partial charge in [-0.25, -0.2) is 0 Å². The Morgan fingerprint density at radius 1 is 1.02 bits per heavy atom. The zero-order valence-corrected chi connectivity index (χ0v) is 25.5. The van der Waals surface area contributed by atoms with E-state index >= 15 is 0 Å². The fourth-order valence-corrected chi connectivity index (χ4v) is 4.91. The highest BCUT2D eigenvalue weighted by Crippen LogP contribution is 2.31. The largest absolute Gasteiger partial charge is 0.508 e. The number of halogens is 1. The zero-order valence-electron chi connectivity index (χ0n) is 24.6. The van der Waals surface area contributed by atoms with Gasteiger partial charge in [-0.05, 0) is 52.9 Å². The van der Waals surface area contributed by atoms with Gasteiger partial charge in [0.05, 0.1) is 12.1 Å². The van der Waals surface area contributed by atoms with Gasteiger partial charge in [-0.2, -0.15) is 0 Å². The first-order chi connectivity index (χ1) is 20.7. The van der Waals surface area contributed by atoms with Crippen LogP contribution in [0, 0.1) is 0 Å². The van der Waals surface area contributed by atoms with Crippen LogP contribution >= 0.6 is 12.4 Å². The molecule has 4 bridgehead atoms. The lowest BCUT2D eigenvalue weighted by Crippen LogP contribution is -2.59. The topological polar surface area (TPSA) is 277 Å². The Labute approximate surface area is 265 Å². The van der Waals surface area contributed by atoms with Gasteiger partial charge in [0.2, 0.25) is 29.5 Å². The molecule has 2 aromatic carbocycles. The molecule has 1 aliphatic rings. The third-order valence-electron chi connectivity index (χ3n) is 7.53. The van der Waals surface area contributed by atoms with Gasteiger partial charge in [-0.1, -0.05) is 12.1 Å². The van der Waals surface area contributed by atoms with E-state index in [1.54, 1.807) is 24.3 Å². The number of primary amides is 2. The predicted molar refractivity (Wildman–Crippen MR) is 166 cm³/mol. The van der Waals surface area contributed by atoms with Gasteiger partial charge in [0.1, 0.15) is 29.6 Å². The second-order valence-corrected chi connectivity index (χ2v) is 10.8. The molecule has 0 radical (unpaired) electrons. The quantitative estimate of drug-likeness (QED) is 0.142. The number of aliphatic hydroxyl groups excluding tert-OH is 1. The van der Waals surface area contributed by atoms with E-state index in [1.807, 2.05) is 0 Å². The smallest absolute Gasteiger partial charge is 0.245 e. The SMILES string of the molecule is CN1C(=O)[C@H](C[C@@H](O)CN)NC(=O)[C@H](N)Cc2cc(ccc2O)-c2ccc(O)c(c2)C[C@H]1C(=O)N[C@@H](CCC(N)=O)C(N)=O.Cl. The molecule has 3 rings (SSSR count). The van der Waals surface area contributed by atoms with Crippen molar-refractivity contribution in [3.8, 4) is 22.6 Å². The summed E-state index contributed by atoms with van der Waals surface area (Å²) in [6.45, 7) is -0.235. The number of amides is 5. The summed E-state index contributed by atoms with van der Waals surface area (Å²) < 4.78 is 0. The summed E-state index contributed by atoms with van der Waals surface area (Å²) in [7, 11) is 1.28. The van der Waals surface area contributed by atoms with Crippen LogP contribution in [0.1, 0.15) is 30.4 Å². The first kappa shape index (κ1) is 36.8. The first-order valence-electron chi connectivity index (χ1n) is 13.9. The predicted octanol–water partition coefficient (Wildman–Crippen LogP) is -2.13. The summed E-state index contributed by atoms with van der Waals surface area (Å²) in [5, 5.41) is 36.5. The monoisotopic (exact) mass is 649 g/mol. The summed E-state index contributed by atoms with van der Waals surface area (Å²) in [5.41, 5.74) is 24.1. The van der Waals surface area contributed by atoms with Gasteiger partial charge >= 0.3 is 0 Å². The molecule has 13 N–H and O–H groups in total. The van der Waals surface area contributed by atoms with E-state index in [4.69, 9.17) is 22.9 Å². The number of phenolic OH excluding ortho intramolecular Hbond substituents is 2. The van der Waals surface area contributed by atoms with Crippen LogP contribution in [0.5, 0.6) is 11.5 Å². The van der Waals surface area contributed by atoms with E-state index in [0.29, 0.717) is 16.7 Å². The van der Waals surface area contributed by atoms with Crippen LogP contribution < -0.4 is 33.6 Å². The number of carbonyl (C=O) groups is 5. The van der Waals surface area contributed by atoms with Gasteiger partial charge in [0.25, 0.3) is 0 Å². The number of hydrogen-bond acceptors (Lipinski definition) is 10. The lowest BCUT2D eigenvalue weighted by atomic mass is 9.95. The molecule has 16 heteroatoms. The molecule has 0 spiro atoms. The van der Waals surface area contributed by atoms with E-state index < -0.39 is 59.8 Å². The van der Waals surface area contributed by atoms with Crippen molar-refractivity contribution in [3.05, 3.63) is 47.5 Å². The molecule has 0 saturated heterocycles. The van der Waals surface area contributed by atoms with Gasteiger partial charge in [0.15, 0.2) is 0 Å². The van der Waals surface area contributed by atoms with E-state index in [1.165, 1.54) is 19.2 Å². The average molecular weight is 650 g/mol.